The number of nitrogens with one attached hydrogen (secondary N) is 1. The number of hydrogen-bond donors (Lipinski definition) is 1. The number of thiazole rings is 1. The highest BCUT2D eigenvalue weighted by Gasteiger charge is 2.12. The molecule has 0 radical (unpaired) electrons. The van der Waals surface area contributed by atoms with Crippen LogP contribution in [0.15, 0.2) is 35.7 Å². The summed E-state index contributed by atoms with van der Waals surface area (Å²) in [4.78, 5) is 4.75. The molecule has 0 aliphatic carbocycles. The monoisotopic (exact) mass is 306 g/mol. The molecule has 0 saturated heterocycles. The molecule has 0 fully saturated rings. The molecule has 2 nitrogen and oxygen atoms in total. The van der Waals surface area contributed by atoms with Crippen LogP contribution >= 0.6 is 23.1 Å². The summed E-state index contributed by atoms with van der Waals surface area (Å²) in [6, 6.07) is 10.9. The largest absolute Gasteiger partial charge is 0.313 e. The van der Waals surface area contributed by atoms with E-state index in [-0.39, 0.29) is 0 Å². The van der Waals surface area contributed by atoms with Gasteiger partial charge >= 0.3 is 0 Å². The van der Waals surface area contributed by atoms with Crippen molar-refractivity contribution in [2.45, 2.75) is 31.6 Å². The van der Waals surface area contributed by atoms with E-state index >= 15 is 0 Å². The van der Waals surface area contributed by atoms with Gasteiger partial charge in [0.2, 0.25) is 0 Å². The molecule has 1 aromatic heterocycles. The van der Waals surface area contributed by atoms with Gasteiger partial charge in [0, 0.05) is 23.6 Å². The molecule has 0 spiro atoms. The van der Waals surface area contributed by atoms with Crippen molar-refractivity contribution in [3.8, 4) is 0 Å². The van der Waals surface area contributed by atoms with Gasteiger partial charge in [-0.25, -0.2) is 4.98 Å². The molecule has 108 valence electrons. The Bertz CT molecular complexity index is 496. The van der Waals surface area contributed by atoms with E-state index in [1.54, 1.807) is 11.3 Å². The van der Waals surface area contributed by atoms with Crippen LogP contribution in [0.25, 0.3) is 0 Å². The third-order valence-electron chi connectivity index (χ3n) is 3.14. The van der Waals surface area contributed by atoms with Crippen LogP contribution in [0, 0.1) is 0 Å². The van der Waals surface area contributed by atoms with Crippen LogP contribution in [0.5, 0.6) is 0 Å². The van der Waals surface area contributed by atoms with Crippen LogP contribution in [0.3, 0.4) is 0 Å². The lowest BCUT2D eigenvalue weighted by molar-refractivity contribution is 0.585. The van der Waals surface area contributed by atoms with Gasteiger partial charge in [0.15, 0.2) is 0 Å². The van der Waals surface area contributed by atoms with Gasteiger partial charge in [-0.1, -0.05) is 37.3 Å². The van der Waals surface area contributed by atoms with E-state index in [2.05, 4.69) is 48.0 Å². The van der Waals surface area contributed by atoms with Gasteiger partial charge in [-0.2, -0.15) is 11.8 Å². The molecule has 0 amide bonds. The Morgan fingerprint density at radius 2 is 2.10 bits per heavy atom. The highest BCUT2D eigenvalue weighted by molar-refractivity contribution is 7.98. The minimum atomic E-state index is 0.342. The summed E-state index contributed by atoms with van der Waals surface area (Å²) in [6.07, 6.45) is 2.19. The molecule has 1 aromatic carbocycles. The van der Waals surface area contributed by atoms with Crippen LogP contribution < -0.4 is 5.32 Å². The minimum absolute atomic E-state index is 0.342. The highest BCUT2D eigenvalue weighted by atomic mass is 32.2. The second-order valence-electron chi connectivity index (χ2n) is 4.74. The van der Waals surface area contributed by atoms with Crippen molar-refractivity contribution >= 4 is 23.1 Å². The van der Waals surface area contributed by atoms with Gasteiger partial charge in [0.05, 0.1) is 5.69 Å². The highest BCUT2D eigenvalue weighted by Crippen LogP contribution is 2.22. The molecular weight excluding hydrogens is 284 g/mol. The number of hydrogen-bond acceptors (Lipinski definition) is 4. The van der Waals surface area contributed by atoms with Crippen molar-refractivity contribution < 1.29 is 0 Å². The first-order chi connectivity index (χ1) is 9.83. The van der Waals surface area contributed by atoms with Gasteiger partial charge in [0.1, 0.15) is 5.01 Å². The fourth-order valence-electron chi connectivity index (χ4n) is 2.09. The van der Waals surface area contributed by atoms with Gasteiger partial charge in [-0.05, 0) is 24.8 Å². The lowest BCUT2D eigenvalue weighted by Crippen LogP contribution is -2.18. The maximum Gasteiger partial charge on any atom is 0.103 e. The molecule has 1 unspecified atom stereocenters. The zero-order valence-electron chi connectivity index (χ0n) is 12.1. The maximum absolute atomic E-state index is 4.75. The van der Waals surface area contributed by atoms with E-state index in [0.29, 0.717) is 6.04 Å². The number of rotatable bonds is 8. The molecule has 1 heterocycles. The third kappa shape index (κ3) is 4.62. The van der Waals surface area contributed by atoms with Crippen molar-refractivity contribution in [2.75, 3.05) is 12.8 Å². The maximum atomic E-state index is 4.75. The first-order valence-corrected chi connectivity index (χ1v) is 9.10. The zero-order valence-corrected chi connectivity index (χ0v) is 13.8. The first kappa shape index (κ1) is 15.5. The van der Waals surface area contributed by atoms with Crippen molar-refractivity contribution in [3.63, 3.8) is 0 Å². The summed E-state index contributed by atoms with van der Waals surface area (Å²) in [7, 11) is 2.02. The average Bonchev–Trinajstić information content (AvgIpc) is 2.93. The van der Waals surface area contributed by atoms with E-state index in [0.717, 1.165) is 12.2 Å². The number of benzene rings is 1. The summed E-state index contributed by atoms with van der Waals surface area (Å²) in [5.41, 5.74) is 2.52. The predicted molar refractivity (Wildman–Crippen MR) is 90.5 cm³/mol. The molecule has 2 rings (SSSR count). The van der Waals surface area contributed by atoms with E-state index in [1.165, 1.54) is 28.4 Å². The zero-order chi connectivity index (χ0) is 14.2. The standard InChI is InChI=1S/C16H22N2S2/c1-3-9-19-12-16-18-14(11-20-16)10-15(17-2)13-7-5-4-6-8-13/h4-8,11,15,17H,3,9-10,12H2,1-2H3. The molecule has 1 atom stereocenters. The van der Waals surface area contributed by atoms with Crippen molar-refractivity contribution in [1.82, 2.24) is 10.3 Å². The Labute approximate surface area is 130 Å². The quantitative estimate of drug-likeness (QED) is 0.736. The summed E-state index contributed by atoms with van der Waals surface area (Å²) < 4.78 is 0. The number of aromatic nitrogens is 1. The number of likely N-dealkylation sites (N-methyl/N-ethyl adjacent to an activating group) is 1. The molecule has 2 aromatic rings. The van der Waals surface area contributed by atoms with Crippen molar-refractivity contribution in [1.29, 1.82) is 0 Å². The van der Waals surface area contributed by atoms with Crippen LogP contribution in [-0.4, -0.2) is 17.8 Å². The second kappa shape index (κ2) is 8.45. The normalized spacial score (nSPS) is 12.5. The fourth-order valence-corrected chi connectivity index (χ4v) is 3.88. The van der Waals surface area contributed by atoms with Gasteiger partial charge in [-0.3, -0.25) is 0 Å². The van der Waals surface area contributed by atoms with Crippen LogP contribution in [-0.2, 0) is 12.2 Å². The summed E-state index contributed by atoms with van der Waals surface area (Å²) in [6.45, 7) is 2.22. The average molecular weight is 306 g/mol. The molecule has 0 aliphatic heterocycles. The topological polar surface area (TPSA) is 24.9 Å². The van der Waals surface area contributed by atoms with Crippen LogP contribution in [0.1, 0.15) is 35.7 Å². The van der Waals surface area contributed by atoms with Crippen molar-refractivity contribution in [3.05, 3.63) is 52.0 Å². The Hall–Kier alpha value is -0.840. The van der Waals surface area contributed by atoms with Gasteiger partial charge in [-0.15, -0.1) is 11.3 Å². The Morgan fingerprint density at radius 3 is 2.80 bits per heavy atom. The van der Waals surface area contributed by atoms with Gasteiger partial charge in [0.25, 0.3) is 0 Å². The number of nitrogens with zero attached hydrogens (tertiary/aromatic N) is 1. The molecule has 0 saturated carbocycles. The van der Waals surface area contributed by atoms with Gasteiger partial charge < -0.3 is 5.32 Å². The smallest absolute Gasteiger partial charge is 0.103 e. The van der Waals surface area contributed by atoms with Crippen molar-refractivity contribution in [2.24, 2.45) is 0 Å². The first-order valence-electron chi connectivity index (χ1n) is 7.06. The predicted octanol–water partition coefficient (Wildman–Crippen LogP) is 4.29. The van der Waals surface area contributed by atoms with E-state index < -0.39 is 0 Å². The Kier molecular flexibility index (Phi) is 6.57. The molecule has 0 aliphatic rings. The molecule has 4 heteroatoms. The lowest BCUT2D eigenvalue weighted by atomic mass is 10.0. The molecule has 0 bridgehead atoms. The minimum Gasteiger partial charge on any atom is -0.313 e. The summed E-state index contributed by atoms with van der Waals surface area (Å²) in [5, 5.41) is 6.84. The SMILES string of the molecule is CCCSCc1nc(CC(NC)c2ccccc2)cs1. The Balaban J connectivity index is 1.94. The second-order valence-corrected chi connectivity index (χ2v) is 6.79. The molecule has 1 N–H and O–H groups in total. The lowest BCUT2D eigenvalue weighted by Gasteiger charge is -2.15. The summed E-state index contributed by atoms with van der Waals surface area (Å²) >= 11 is 3.76. The van der Waals surface area contributed by atoms with Crippen LogP contribution in [0.2, 0.25) is 0 Å². The van der Waals surface area contributed by atoms with E-state index in [4.69, 9.17) is 4.98 Å². The van der Waals surface area contributed by atoms with E-state index in [9.17, 15) is 0 Å². The molecule has 20 heavy (non-hydrogen) atoms. The summed E-state index contributed by atoms with van der Waals surface area (Å²) in [5.74, 6) is 2.27. The fraction of sp³-hybridized carbons (Fsp3) is 0.438. The molecular formula is C16H22N2S2. The van der Waals surface area contributed by atoms with Crippen LogP contribution in [0.4, 0.5) is 0 Å². The van der Waals surface area contributed by atoms with E-state index in [1.807, 2.05) is 18.8 Å². The Morgan fingerprint density at radius 1 is 1.30 bits per heavy atom. The number of thioether (sulfide) groups is 1. The third-order valence-corrected chi connectivity index (χ3v) is 5.39.